The average molecular weight is 280 g/mol. The molecule has 0 radical (unpaired) electrons. The zero-order chi connectivity index (χ0) is 11.7. The van der Waals surface area contributed by atoms with Gasteiger partial charge in [-0.25, -0.2) is 0 Å². The number of rotatable bonds is 2. The maximum atomic E-state index is 5.66. The minimum atomic E-state index is 0. The molecular weight excluding hydrogens is 262 g/mol. The van der Waals surface area contributed by atoms with Gasteiger partial charge in [-0.3, -0.25) is 0 Å². The Bertz CT molecular complexity index is 533. The van der Waals surface area contributed by atoms with Crippen molar-refractivity contribution in [1.29, 1.82) is 0 Å². The van der Waals surface area contributed by atoms with Crippen molar-refractivity contribution in [2.24, 2.45) is 5.73 Å². The van der Waals surface area contributed by atoms with Crippen LogP contribution in [-0.2, 0) is 19.4 Å². The topological polar surface area (TPSA) is 26.0 Å². The zero-order valence-corrected chi connectivity index (χ0v) is 11.9. The van der Waals surface area contributed by atoms with Crippen LogP contribution in [-0.4, -0.2) is 0 Å². The van der Waals surface area contributed by atoms with Crippen LogP contribution in [0.3, 0.4) is 0 Å². The summed E-state index contributed by atoms with van der Waals surface area (Å²) in [7, 11) is 0. The number of benzene rings is 1. The van der Waals surface area contributed by atoms with Crippen molar-refractivity contribution in [3.63, 3.8) is 0 Å². The van der Waals surface area contributed by atoms with Gasteiger partial charge in [0.05, 0.1) is 0 Å². The molecule has 1 heterocycles. The molecule has 1 aromatic heterocycles. The van der Waals surface area contributed by atoms with Gasteiger partial charge < -0.3 is 5.73 Å². The Kier molecular flexibility index (Phi) is 4.44. The van der Waals surface area contributed by atoms with Crippen LogP contribution in [0.4, 0.5) is 0 Å². The zero-order valence-electron chi connectivity index (χ0n) is 10.3. The van der Waals surface area contributed by atoms with E-state index >= 15 is 0 Å². The molecule has 0 atom stereocenters. The van der Waals surface area contributed by atoms with Crippen LogP contribution in [0.2, 0.25) is 0 Å². The van der Waals surface area contributed by atoms with Gasteiger partial charge in [-0.05, 0) is 59.4 Å². The van der Waals surface area contributed by atoms with Gasteiger partial charge >= 0.3 is 0 Å². The Labute approximate surface area is 118 Å². The lowest BCUT2D eigenvalue weighted by Gasteiger charge is -2.16. The molecule has 0 spiro atoms. The molecule has 3 rings (SSSR count). The van der Waals surface area contributed by atoms with Crippen molar-refractivity contribution in [1.82, 2.24) is 0 Å². The van der Waals surface area contributed by atoms with Gasteiger partial charge in [0.2, 0.25) is 0 Å². The maximum absolute atomic E-state index is 5.66. The van der Waals surface area contributed by atoms with Crippen molar-refractivity contribution >= 4 is 23.7 Å². The summed E-state index contributed by atoms with van der Waals surface area (Å²) < 4.78 is 0. The van der Waals surface area contributed by atoms with Gasteiger partial charge in [0.25, 0.3) is 0 Å². The predicted octanol–water partition coefficient (Wildman–Crippen LogP) is 4.17. The number of hydrogen-bond donors (Lipinski definition) is 1. The highest BCUT2D eigenvalue weighted by Gasteiger charge is 2.10. The molecule has 1 nitrogen and oxygen atoms in total. The highest BCUT2D eigenvalue weighted by atomic mass is 35.5. The molecule has 18 heavy (non-hydrogen) atoms. The van der Waals surface area contributed by atoms with E-state index in [1.165, 1.54) is 41.7 Å². The third-order valence-corrected chi connectivity index (χ3v) is 4.50. The van der Waals surface area contributed by atoms with Crippen LogP contribution in [0, 0.1) is 0 Å². The summed E-state index contributed by atoms with van der Waals surface area (Å²) in [6.07, 6.45) is 5.20. The lowest BCUT2D eigenvalue weighted by Crippen LogP contribution is -2.02. The number of aryl methyl sites for hydroxylation is 2. The summed E-state index contributed by atoms with van der Waals surface area (Å²) in [6, 6.07) is 9.15. The van der Waals surface area contributed by atoms with Gasteiger partial charge in [-0.1, -0.05) is 18.2 Å². The minimum Gasteiger partial charge on any atom is -0.326 e. The highest BCUT2D eigenvalue weighted by molar-refractivity contribution is 7.10. The smallest absolute Gasteiger partial charge is 0.0274 e. The molecule has 1 aliphatic carbocycles. The van der Waals surface area contributed by atoms with Crippen LogP contribution in [0.5, 0.6) is 0 Å². The first-order chi connectivity index (χ1) is 8.36. The normalized spacial score (nSPS) is 13.8. The molecule has 1 aromatic carbocycles. The lowest BCUT2D eigenvalue weighted by atomic mass is 9.89. The average Bonchev–Trinajstić information content (AvgIpc) is 2.87. The first-order valence-corrected chi connectivity index (χ1v) is 7.14. The standard InChI is InChI=1S/C15H17NS.ClH/c16-9-15-8-14(10-17-15)13-6-5-11-3-1-2-4-12(11)7-13;/h5-8,10H,1-4,9,16H2;1H. The second-order valence-corrected chi connectivity index (χ2v) is 5.69. The molecule has 0 aliphatic heterocycles. The Morgan fingerprint density at radius 3 is 2.50 bits per heavy atom. The Hall–Kier alpha value is -0.830. The van der Waals surface area contributed by atoms with Crippen molar-refractivity contribution in [3.05, 3.63) is 45.6 Å². The molecule has 3 heteroatoms. The van der Waals surface area contributed by atoms with Gasteiger partial charge in [-0.2, -0.15) is 0 Å². The van der Waals surface area contributed by atoms with Crippen molar-refractivity contribution in [3.8, 4) is 11.1 Å². The van der Waals surface area contributed by atoms with E-state index in [1.54, 1.807) is 22.5 Å². The summed E-state index contributed by atoms with van der Waals surface area (Å²) in [5.41, 5.74) is 11.4. The first kappa shape index (κ1) is 13.6. The predicted molar refractivity (Wildman–Crippen MR) is 81.5 cm³/mol. The van der Waals surface area contributed by atoms with E-state index in [1.807, 2.05) is 0 Å². The van der Waals surface area contributed by atoms with Gasteiger partial charge in [0, 0.05) is 11.4 Å². The summed E-state index contributed by atoms with van der Waals surface area (Å²) in [5, 5.41) is 2.22. The SMILES string of the molecule is Cl.NCc1cc(-c2ccc3c(c2)CCCC3)cs1. The largest absolute Gasteiger partial charge is 0.326 e. The fourth-order valence-corrected chi connectivity index (χ4v) is 3.33. The molecule has 0 amide bonds. The van der Waals surface area contributed by atoms with E-state index in [2.05, 4.69) is 29.6 Å². The van der Waals surface area contributed by atoms with E-state index in [0.29, 0.717) is 6.54 Å². The molecule has 0 bridgehead atoms. The number of hydrogen-bond acceptors (Lipinski definition) is 2. The quantitative estimate of drug-likeness (QED) is 0.877. The molecule has 0 saturated heterocycles. The van der Waals surface area contributed by atoms with E-state index in [-0.39, 0.29) is 12.4 Å². The number of fused-ring (bicyclic) bond motifs is 1. The Morgan fingerprint density at radius 1 is 1.00 bits per heavy atom. The summed E-state index contributed by atoms with van der Waals surface area (Å²) >= 11 is 1.76. The van der Waals surface area contributed by atoms with E-state index < -0.39 is 0 Å². The Morgan fingerprint density at radius 2 is 1.78 bits per heavy atom. The van der Waals surface area contributed by atoms with Crippen LogP contribution >= 0.6 is 23.7 Å². The molecular formula is C15H18ClNS. The van der Waals surface area contributed by atoms with Crippen molar-refractivity contribution in [2.75, 3.05) is 0 Å². The molecule has 0 fully saturated rings. The lowest BCUT2D eigenvalue weighted by molar-refractivity contribution is 0.686. The van der Waals surface area contributed by atoms with E-state index in [4.69, 9.17) is 5.73 Å². The van der Waals surface area contributed by atoms with Crippen molar-refractivity contribution < 1.29 is 0 Å². The molecule has 0 unspecified atom stereocenters. The van der Waals surface area contributed by atoms with Crippen molar-refractivity contribution in [2.45, 2.75) is 32.2 Å². The first-order valence-electron chi connectivity index (χ1n) is 6.26. The monoisotopic (exact) mass is 279 g/mol. The summed E-state index contributed by atoms with van der Waals surface area (Å²) in [5.74, 6) is 0. The fraction of sp³-hybridized carbons (Fsp3) is 0.333. The third-order valence-electron chi connectivity index (χ3n) is 3.54. The Balaban J connectivity index is 0.00000120. The summed E-state index contributed by atoms with van der Waals surface area (Å²) in [4.78, 5) is 1.26. The van der Waals surface area contributed by atoms with Gasteiger partial charge in [0.15, 0.2) is 0 Å². The maximum Gasteiger partial charge on any atom is 0.0274 e. The third kappa shape index (κ3) is 2.61. The van der Waals surface area contributed by atoms with E-state index in [0.717, 1.165) is 0 Å². The van der Waals surface area contributed by atoms with Gasteiger partial charge in [-0.15, -0.1) is 23.7 Å². The number of halogens is 1. The number of nitrogens with two attached hydrogens (primary N) is 1. The van der Waals surface area contributed by atoms with Crippen LogP contribution < -0.4 is 5.73 Å². The molecule has 1 aliphatic rings. The second-order valence-electron chi connectivity index (χ2n) is 4.70. The van der Waals surface area contributed by atoms with Gasteiger partial charge in [0.1, 0.15) is 0 Å². The van der Waals surface area contributed by atoms with Crippen LogP contribution in [0.25, 0.3) is 11.1 Å². The van der Waals surface area contributed by atoms with Crippen LogP contribution in [0.15, 0.2) is 29.6 Å². The molecule has 2 N–H and O–H groups in total. The molecule has 96 valence electrons. The highest BCUT2D eigenvalue weighted by Crippen LogP contribution is 2.30. The van der Waals surface area contributed by atoms with E-state index in [9.17, 15) is 0 Å². The second kappa shape index (κ2) is 5.87. The summed E-state index contributed by atoms with van der Waals surface area (Å²) in [6.45, 7) is 0.648. The minimum absolute atomic E-state index is 0. The van der Waals surface area contributed by atoms with Crippen LogP contribution in [0.1, 0.15) is 28.8 Å². The molecule has 2 aromatic rings. The fourth-order valence-electron chi connectivity index (χ4n) is 2.55. The molecule has 0 saturated carbocycles. The number of thiophene rings is 1.